The Morgan fingerprint density at radius 3 is 1.33 bits per heavy atom. The van der Waals surface area contributed by atoms with E-state index in [0.29, 0.717) is 11.1 Å². The van der Waals surface area contributed by atoms with Crippen LogP contribution in [0.4, 0.5) is 0 Å². The summed E-state index contributed by atoms with van der Waals surface area (Å²) in [4.78, 5) is 26.0. The fourth-order valence-corrected chi connectivity index (χ4v) is 4.85. The van der Waals surface area contributed by atoms with Crippen LogP contribution in [0.25, 0.3) is 0 Å². The van der Waals surface area contributed by atoms with Gasteiger partial charge in [0.2, 0.25) is 0 Å². The number of hydrogen-bond donors (Lipinski definition) is 0. The molecule has 0 saturated carbocycles. The first-order chi connectivity index (χ1) is 11.7. The molecule has 0 aliphatic carbocycles. The summed E-state index contributed by atoms with van der Waals surface area (Å²) in [7, 11) is 0. The second-order valence-electron chi connectivity index (χ2n) is 5.21. The summed E-state index contributed by atoms with van der Waals surface area (Å²) in [6.45, 7) is 4.05. The van der Waals surface area contributed by atoms with Gasteiger partial charge in [-0.15, -0.1) is 23.5 Å². The number of Topliss-reactive ketones (excluding diaryl/α,β-unsaturated/α-hetero) is 2. The molecule has 0 fully saturated rings. The zero-order valence-corrected chi connectivity index (χ0v) is 15.6. The Kier molecular flexibility index (Phi) is 7.60. The molecule has 4 heteroatoms. The molecule has 24 heavy (non-hydrogen) atoms. The summed E-state index contributed by atoms with van der Waals surface area (Å²) in [6, 6.07) is 18.5. The zero-order chi connectivity index (χ0) is 17.4. The van der Waals surface area contributed by atoms with Gasteiger partial charge in [0, 0.05) is 11.1 Å². The maximum Gasteiger partial charge on any atom is 0.177 e. The fraction of sp³-hybridized carbons (Fsp3) is 0.300. The van der Waals surface area contributed by atoms with Crippen LogP contribution in [0.2, 0.25) is 0 Å². The van der Waals surface area contributed by atoms with E-state index in [9.17, 15) is 9.59 Å². The second-order valence-corrected chi connectivity index (χ2v) is 8.05. The Morgan fingerprint density at radius 1 is 0.708 bits per heavy atom. The van der Waals surface area contributed by atoms with Gasteiger partial charge in [0.25, 0.3) is 0 Å². The van der Waals surface area contributed by atoms with Crippen molar-refractivity contribution in [2.45, 2.75) is 24.3 Å². The molecule has 0 N–H and O–H groups in total. The topological polar surface area (TPSA) is 34.1 Å². The molecule has 0 aliphatic heterocycles. The molecule has 2 nitrogen and oxygen atoms in total. The van der Waals surface area contributed by atoms with Crippen molar-refractivity contribution in [3.63, 3.8) is 0 Å². The van der Waals surface area contributed by atoms with E-state index in [-0.39, 0.29) is 22.1 Å². The molecule has 126 valence electrons. The van der Waals surface area contributed by atoms with Gasteiger partial charge in [-0.25, -0.2) is 0 Å². The quantitative estimate of drug-likeness (QED) is 0.591. The van der Waals surface area contributed by atoms with Crippen molar-refractivity contribution in [1.82, 2.24) is 0 Å². The minimum atomic E-state index is -0.366. The predicted octanol–water partition coefficient (Wildman–Crippen LogP) is 5.00. The SMILES string of the molecule is CCS[C@H](C(=O)c1ccccc1)[C@@H](SCC)C(=O)c1ccccc1. The largest absolute Gasteiger partial charge is 0.293 e. The first-order valence-corrected chi connectivity index (χ1v) is 10.2. The van der Waals surface area contributed by atoms with Gasteiger partial charge in [-0.2, -0.15) is 0 Å². The summed E-state index contributed by atoms with van der Waals surface area (Å²) in [5, 5.41) is -0.731. The lowest BCUT2D eigenvalue weighted by atomic mass is 10.0. The molecule has 0 aromatic heterocycles. The molecule has 0 bridgehead atoms. The maximum atomic E-state index is 13.0. The summed E-state index contributed by atoms with van der Waals surface area (Å²) >= 11 is 3.12. The van der Waals surface area contributed by atoms with Crippen LogP contribution in [0.15, 0.2) is 60.7 Å². The van der Waals surface area contributed by atoms with Crippen molar-refractivity contribution in [3.8, 4) is 0 Å². The third kappa shape index (κ3) is 4.74. The number of rotatable bonds is 9. The van der Waals surface area contributed by atoms with E-state index in [2.05, 4.69) is 0 Å². The first-order valence-electron chi connectivity index (χ1n) is 8.10. The van der Waals surface area contributed by atoms with E-state index in [4.69, 9.17) is 0 Å². The Balaban J connectivity index is 2.33. The Labute approximate surface area is 152 Å². The van der Waals surface area contributed by atoms with E-state index in [1.54, 1.807) is 23.5 Å². The Bertz CT molecular complexity index is 596. The number of benzene rings is 2. The number of thioether (sulfide) groups is 2. The Morgan fingerprint density at radius 2 is 1.04 bits per heavy atom. The summed E-state index contributed by atoms with van der Waals surface area (Å²) in [5.74, 6) is 1.67. The van der Waals surface area contributed by atoms with Crippen LogP contribution in [0.3, 0.4) is 0 Å². The normalized spacial score (nSPS) is 13.2. The summed E-state index contributed by atoms with van der Waals surface area (Å²) < 4.78 is 0. The van der Waals surface area contributed by atoms with Crippen LogP contribution in [0, 0.1) is 0 Å². The van der Waals surface area contributed by atoms with E-state index in [1.807, 2.05) is 74.5 Å². The van der Waals surface area contributed by atoms with Crippen molar-refractivity contribution in [1.29, 1.82) is 0 Å². The number of ketones is 2. The molecular weight excluding hydrogens is 336 g/mol. The van der Waals surface area contributed by atoms with Crippen LogP contribution >= 0.6 is 23.5 Å². The monoisotopic (exact) mass is 358 g/mol. The van der Waals surface area contributed by atoms with Gasteiger partial charge in [-0.3, -0.25) is 9.59 Å². The van der Waals surface area contributed by atoms with Crippen LogP contribution in [-0.2, 0) is 0 Å². The molecule has 2 aromatic carbocycles. The van der Waals surface area contributed by atoms with Crippen molar-refractivity contribution in [3.05, 3.63) is 71.8 Å². The Hall–Kier alpha value is -1.52. The van der Waals surface area contributed by atoms with Gasteiger partial charge in [-0.1, -0.05) is 74.5 Å². The lowest BCUT2D eigenvalue weighted by Crippen LogP contribution is -2.36. The van der Waals surface area contributed by atoms with Gasteiger partial charge < -0.3 is 0 Å². The molecule has 0 unspecified atom stereocenters. The van der Waals surface area contributed by atoms with Gasteiger partial charge >= 0.3 is 0 Å². The molecule has 2 atom stereocenters. The standard InChI is InChI=1S/C20H22O2S2/c1-3-23-19(17(21)15-11-7-5-8-12-15)20(24-4-2)18(22)16-13-9-6-10-14-16/h5-14,19-20H,3-4H2,1-2H3/t19-,20+. The average molecular weight is 359 g/mol. The van der Waals surface area contributed by atoms with Crippen LogP contribution in [-0.4, -0.2) is 33.6 Å². The first kappa shape index (κ1) is 18.8. The van der Waals surface area contributed by atoms with Crippen molar-refractivity contribution >= 4 is 35.1 Å². The molecular formula is C20H22O2S2. The fourth-order valence-electron chi connectivity index (χ4n) is 2.49. The minimum Gasteiger partial charge on any atom is -0.293 e. The van der Waals surface area contributed by atoms with Crippen LogP contribution < -0.4 is 0 Å². The third-order valence-electron chi connectivity index (χ3n) is 3.60. The molecule has 0 saturated heterocycles. The smallest absolute Gasteiger partial charge is 0.177 e. The van der Waals surface area contributed by atoms with Crippen molar-refractivity contribution in [2.75, 3.05) is 11.5 Å². The highest BCUT2D eigenvalue weighted by atomic mass is 32.2. The van der Waals surface area contributed by atoms with Gasteiger partial charge in [0.05, 0.1) is 10.5 Å². The van der Waals surface area contributed by atoms with Crippen molar-refractivity contribution in [2.24, 2.45) is 0 Å². The molecule has 0 amide bonds. The van der Waals surface area contributed by atoms with Crippen LogP contribution in [0.5, 0.6) is 0 Å². The number of carbonyl (C=O) groups excluding carboxylic acids is 2. The highest BCUT2D eigenvalue weighted by Gasteiger charge is 2.34. The van der Waals surface area contributed by atoms with Gasteiger partial charge in [0.1, 0.15) is 0 Å². The molecule has 2 rings (SSSR count). The van der Waals surface area contributed by atoms with Gasteiger partial charge in [-0.05, 0) is 11.5 Å². The summed E-state index contributed by atoms with van der Waals surface area (Å²) in [6.07, 6.45) is 0. The highest BCUT2D eigenvalue weighted by Crippen LogP contribution is 2.30. The van der Waals surface area contributed by atoms with E-state index in [1.165, 1.54) is 0 Å². The second kappa shape index (κ2) is 9.70. The zero-order valence-electron chi connectivity index (χ0n) is 14.0. The van der Waals surface area contributed by atoms with Crippen LogP contribution in [0.1, 0.15) is 34.6 Å². The van der Waals surface area contributed by atoms with E-state index < -0.39 is 0 Å². The van der Waals surface area contributed by atoms with Gasteiger partial charge in [0.15, 0.2) is 11.6 Å². The average Bonchev–Trinajstić information content (AvgIpc) is 2.65. The molecule has 0 radical (unpaired) electrons. The molecule has 0 aliphatic rings. The third-order valence-corrected chi connectivity index (χ3v) is 6.13. The number of carbonyl (C=O) groups is 2. The maximum absolute atomic E-state index is 13.0. The molecule has 0 heterocycles. The highest BCUT2D eigenvalue weighted by molar-refractivity contribution is 8.04. The summed E-state index contributed by atoms with van der Waals surface area (Å²) in [5.41, 5.74) is 1.34. The van der Waals surface area contributed by atoms with E-state index in [0.717, 1.165) is 11.5 Å². The lowest BCUT2D eigenvalue weighted by Gasteiger charge is -2.24. The minimum absolute atomic E-state index is 0.0395. The predicted molar refractivity (Wildman–Crippen MR) is 105 cm³/mol. The van der Waals surface area contributed by atoms with Crippen molar-refractivity contribution < 1.29 is 9.59 Å². The molecule has 2 aromatic rings. The molecule has 0 spiro atoms. The lowest BCUT2D eigenvalue weighted by molar-refractivity contribution is 0.0930. The van der Waals surface area contributed by atoms with E-state index >= 15 is 0 Å². The number of hydrogen-bond acceptors (Lipinski definition) is 4.